The molecule has 0 unspecified atom stereocenters. The Morgan fingerprint density at radius 2 is 2.00 bits per heavy atom. The standard InChI is InChI=1S/C18H25N3O2/c1-13-14(2)23-18(20-13)11-19-16-5-3-4-6-17(16)21-9-7-15(12-22)8-10-21/h3-6,15,19,22H,7-12H2,1-2H3. The number of anilines is 2. The summed E-state index contributed by atoms with van der Waals surface area (Å²) in [7, 11) is 0. The molecule has 0 aliphatic carbocycles. The molecule has 0 amide bonds. The fourth-order valence-corrected chi connectivity index (χ4v) is 3.04. The fourth-order valence-electron chi connectivity index (χ4n) is 3.04. The number of aliphatic hydroxyl groups is 1. The van der Waals surface area contributed by atoms with E-state index in [9.17, 15) is 5.11 Å². The Morgan fingerprint density at radius 3 is 2.65 bits per heavy atom. The lowest BCUT2D eigenvalue weighted by Crippen LogP contribution is -2.35. The third-order valence-corrected chi connectivity index (χ3v) is 4.62. The first-order valence-electron chi connectivity index (χ1n) is 8.29. The molecule has 5 heteroatoms. The normalized spacial score (nSPS) is 15.9. The number of aromatic nitrogens is 1. The second kappa shape index (κ2) is 7.04. The highest BCUT2D eigenvalue weighted by Gasteiger charge is 2.20. The molecule has 2 N–H and O–H groups in total. The molecule has 1 aromatic carbocycles. The van der Waals surface area contributed by atoms with Crippen LogP contribution in [0.25, 0.3) is 0 Å². The van der Waals surface area contributed by atoms with Crippen LogP contribution in [0.5, 0.6) is 0 Å². The molecule has 0 atom stereocenters. The summed E-state index contributed by atoms with van der Waals surface area (Å²) in [5, 5.41) is 12.7. The number of hydrogen-bond donors (Lipinski definition) is 2. The summed E-state index contributed by atoms with van der Waals surface area (Å²) in [5.74, 6) is 2.04. The third kappa shape index (κ3) is 3.67. The Bertz CT molecular complexity index is 626. The lowest BCUT2D eigenvalue weighted by atomic mass is 9.97. The fraction of sp³-hybridized carbons (Fsp3) is 0.500. The Morgan fingerprint density at radius 1 is 1.26 bits per heavy atom. The number of aryl methyl sites for hydroxylation is 2. The van der Waals surface area contributed by atoms with Crippen molar-refractivity contribution in [2.24, 2.45) is 5.92 Å². The second-order valence-corrected chi connectivity index (χ2v) is 6.23. The first kappa shape index (κ1) is 15.9. The van der Waals surface area contributed by atoms with E-state index in [1.54, 1.807) is 0 Å². The molecule has 23 heavy (non-hydrogen) atoms. The van der Waals surface area contributed by atoms with E-state index >= 15 is 0 Å². The molecule has 2 aromatic rings. The van der Waals surface area contributed by atoms with Gasteiger partial charge in [-0.25, -0.2) is 4.98 Å². The van der Waals surface area contributed by atoms with Crippen LogP contribution in [0.2, 0.25) is 0 Å². The van der Waals surface area contributed by atoms with Crippen LogP contribution in [0.15, 0.2) is 28.7 Å². The van der Waals surface area contributed by atoms with Crippen LogP contribution in [0.3, 0.4) is 0 Å². The van der Waals surface area contributed by atoms with Gasteiger partial charge in [-0.3, -0.25) is 0 Å². The lowest BCUT2D eigenvalue weighted by molar-refractivity contribution is 0.203. The molecule has 0 saturated carbocycles. The minimum Gasteiger partial charge on any atom is -0.444 e. The van der Waals surface area contributed by atoms with Gasteiger partial charge in [-0.1, -0.05) is 12.1 Å². The molecule has 2 heterocycles. The monoisotopic (exact) mass is 315 g/mol. The second-order valence-electron chi connectivity index (χ2n) is 6.23. The smallest absolute Gasteiger partial charge is 0.213 e. The molecule has 0 spiro atoms. The SMILES string of the molecule is Cc1nc(CNc2ccccc2N2CCC(CO)CC2)oc1C. The number of para-hydroxylation sites is 2. The molecule has 0 bridgehead atoms. The van der Waals surface area contributed by atoms with Crippen molar-refractivity contribution in [2.45, 2.75) is 33.2 Å². The van der Waals surface area contributed by atoms with E-state index in [2.05, 4.69) is 33.4 Å². The van der Waals surface area contributed by atoms with Crippen molar-refractivity contribution >= 4 is 11.4 Å². The van der Waals surface area contributed by atoms with E-state index in [4.69, 9.17) is 4.42 Å². The number of piperidine rings is 1. The van der Waals surface area contributed by atoms with Crippen molar-refractivity contribution in [1.82, 2.24) is 4.98 Å². The molecule has 0 radical (unpaired) electrons. The Kier molecular flexibility index (Phi) is 4.86. The van der Waals surface area contributed by atoms with Gasteiger partial charge in [-0.15, -0.1) is 0 Å². The minimum absolute atomic E-state index is 0.302. The summed E-state index contributed by atoms with van der Waals surface area (Å²) in [4.78, 5) is 6.81. The predicted octanol–water partition coefficient (Wildman–Crippen LogP) is 3.11. The highest BCUT2D eigenvalue weighted by molar-refractivity contribution is 5.70. The lowest BCUT2D eigenvalue weighted by Gasteiger charge is -2.34. The zero-order valence-corrected chi connectivity index (χ0v) is 13.9. The van der Waals surface area contributed by atoms with Gasteiger partial charge in [0, 0.05) is 19.7 Å². The number of rotatable bonds is 5. The van der Waals surface area contributed by atoms with Crippen molar-refractivity contribution in [3.8, 4) is 0 Å². The first-order chi connectivity index (χ1) is 11.2. The number of aliphatic hydroxyl groups excluding tert-OH is 1. The van der Waals surface area contributed by atoms with Gasteiger partial charge in [0.25, 0.3) is 0 Å². The van der Waals surface area contributed by atoms with Crippen LogP contribution in [-0.4, -0.2) is 29.8 Å². The average molecular weight is 315 g/mol. The number of hydrogen-bond acceptors (Lipinski definition) is 5. The van der Waals surface area contributed by atoms with Gasteiger partial charge in [-0.2, -0.15) is 0 Å². The Hall–Kier alpha value is -2.01. The van der Waals surface area contributed by atoms with Gasteiger partial charge in [-0.05, 0) is 44.7 Å². The third-order valence-electron chi connectivity index (χ3n) is 4.62. The van der Waals surface area contributed by atoms with Crippen LogP contribution < -0.4 is 10.2 Å². The molecule has 1 aliphatic heterocycles. The zero-order chi connectivity index (χ0) is 16.2. The Balaban J connectivity index is 1.68. The molecule has 5 nitrogen and oxygen atoms in total. The summed E-state index contributed by atoms with van der Waals surface area (Å²) in [5.41, 5.74) is 3.26. The molecule has 3 rings (SSSR count). The summed E-state index contributed by atoms with van der Waals surface area (Å²) in [6, 6.07) is 8.35. The van der Waals surface area contributed by atoms with E-state index in [1.165, 1.54) is 5.69 Å². The molecule has 1 fully saturated rings. The first-order valence-corrected chi connectivity index (χ1v) is 8.29. The molecular weight excluding hydrogens is 290 g/mol. The maximum Gasteiger partial charge on any atom is 0.213 e. The number of benzene rings is 1. The van der Waals surface area contributed by atoms with E-state index in [-0.39, 0.29) is 0 Å². The van der Waals surface area contributed by atoms with E-state index in [0.29, 0.717) is 25.0 Å². The van der Waals surface area contributed by atoms with Gasteiger partial charge in [0.2, 0.25) is 5.89 Å². The van der Waals surface area contributed by atoms with E-state index < -0.39 is 0 Å². The van der Waals surface area contributed by atoms with Gasteiger partial charge < -0.3 is 19.7 Å². The number of nitrogens with zero attached hydrogens (tertiary/aromatic N) is 2. The van der Waals surface area contributed by atoms with Crippen LogP contribution in [0.4, 0.5) is 11.4 Å². The molecule has 124 valence electrons. The summed E-state index contributed by atoms with van der Waals surface area (Å²) in [6.07, 6.45) is 2.09. The van der Waals surface area contributed by atoms with Crippen molar-refractivity contribution in [1.29, 1.82) is 0 Å². The van der Waals surface area contributed by atoms with Crippen molar-refractivity contribution in [3.63, 3.8) is 0 Å². The highest BCUT2D eigenvalue weighted by Crippen LogP contribution is 2.30. The van der Waals surface area contributed by atoms with Crippen molar-refractivity contribution in [3.05, 3.63) is 41.6 Å². The maximum absolute atomic E-state index is 9.29. The largest absolute Gasteiger partial charge is 0.444 e. The van der Waals surface area contributed by atoms with Crippen LogP contribution in [0.1, 0.15) is 30.2 Å². The van der Waals surface area contributed by atoms with Gasteiger partial charge in [0.05, 0.1) is 23.6 Å². The Labute approximate surface area is 137 Å². The minimum atomic E-state index is 0.302. The molecular formula is C18H25N3O2. The topological polar surface area (TPSA) is 61.5 Å². The molecule has 1 saturated heterocycles. The highest BCUT2D eigenvalue weighted by atomic mass is 16.4. The van der Waals surface area contributed by atoms with Crippen molar-refractivity contribution < 1.29 is 9.52 Å². The van der Waals surface area contributed by atoms with Crippen LogP contribution in [0, 0.1) is 19.8 Å². The van der Waals surface area contributed by atoms with Gasteiger partial charge in [0.15, 0.2) is 0 Å². The zero-order valence-electron chi connectivity index (χ0n) is 13.9. The predicted molar refractivity (Wildman–Crippen MR) is 91.8 cm³/mol. The van der Waals surface area contributed by atoms with E-state index in [0.717, 1.165) is 43.1 Å². The van der Waals surface area contributed by atoms with Crippen LogP contribution in [-0.2, 0) is 6.54 Å². The summed E-state index contributed by atoms with van der Waals surface area (Å²) in [6.45, 7) is 6.75. The maximum atomic E-state index is 9.29. The van der Waals surface area contributed by atoms with Crippen molar-refractivity contribution in [2.75, 3.05) is 29.9 Å². The van der Waals surface area contributed by atoms with Gasteiger partial charge in [0.1, 0.15) is 5.76 Å². The number of nitrogens with one attached hydrogen (secondary N) is 1. The van der Waals surface area contributed by atoms with E-state index in [1.807, 2.05) is 19.9 Å². The summed E-state index contributed by atoms with van der Waals surface area (Å²) < 4.78 is 5.63. The van der Waals surface area contributed by atoms with Gasteiger partial charge >= 0.3 is 0 Å². The number of oxazole rings is 1. The molecule has 1 aliphatic rings. The summed E-state index contributed by atoms with van der Waals surface area (Å²) >= 11 is 0. The average Bonchev–Trinajstić information content (AvgIpc) is 2.91. The van der Waals surface area contributed by atoms with Crippen LogP contribution >= 0.6 is 0 Å². The quantitative estimate of drug-likeness (QED) is 0.888. The molecule has 1 aromatic heterocycles.